The Morgan fingerprint density at radius 3 is 2.68 bits per heavy atom. The number of esters is 1. The van der Waals surface area contributed by atoms with Crippen LogP contribution in [0.4, 0.5) is 5.69 Å². The van der Waals surface area contributed by atoms with Gasteiger partial charge >= 0.3 is 5.97 Å². The maximum absolute atomic E-state index is 12.6. The van der Waals surface area contributed by atoms with Crippen LogP contribution in [0, 0.1) is 11.3 Å². The number of amides is 1. The molecule has 1 aromatic heterocycles. The first-order chi connectivity index (χ1) is 15.1. The van der Waals surface area contributed by atoms with Gasteiger partial charge in [0.1, 0.15) is 11.3 Å². The number of para-hydroxylation sites is 2. The zero-order valence-electron chi connectivity index (χ0n) is 17.0. The van der Waals surface area contributed by atoms with Crippen molar-refractivity contribution in [3.8, 4) is 11.8 Å². The van der Waals surface area contributed by atoms with Gasteiger partial charge in [0.2, 0.25) is 5.89 Å². The van der Waals surface area contributed by atoms with Crippen LogP contribution in [0.1, 0.15) is 19.2 Å². The largest absolute Gasteiger partial charge is 0.494 e. The number of benzene rings is 2. The van der Waals surface area contributed by atoms with E-state index in [9.17, 15) is 9.59 Å². The number of nitriles is 1. The number of anilines is 1. The second-order valence-corrected chi connectivity index (χ2v) is 6.34. The fraction of sp³-hybridized carbons (Fsp3) is 0.217. The quantitative estimate of drug-likeness (QED) is 0.384. The van der Waals surface area contributed by atoms with E-state index in [2.05, 4.69) is 4.98 Å². The van der Waals surface area contributed by atoms with Crippen molar-refractivity contribution in [1.82, 2.24) is 4.98 Å². The fourth-order valence-electron chi connectivity index (χ4n) is 2.81. The molecule has 0 atom stereocenters. The summed E-state index contributed by atoms with van der Waals surface area (Å²) in [5.41, 5.74) is 1.87. The number of hydrogen-bond donors (Lipinski definition) is 0. The molecule has 3 aromatic rings. The number of ether oxygens (including phenoxy) is 2. The van der Waals surface area contributed by atoms with E-state index in [0.29, 0.717) is 29.1 Å². The van der Waals surface area contributed by atoms with E-state index in [1.165, 1.54) is 11.0 Å². The van der Waals surface area contributed by atoms with Gasteiger partial charge in [-0.2, -0.15) is 5.26 Å². The van der Waals surface area contributed by atoms with Crippen LogP contribution in [-0.2, 0) is 14.3 Å². The SMILES string of the molecule is CCOc1ccc(N(CCC#N)C(=O)COC(=O)/C=C/c2nc3ccccc3o2)cc1. The summed E-state index contributed by atoms with van der Waals surface area (Å²) in [4.78, 5) is 30.2. The maximum atomic E-state index is 12.6. The van der Waals surface area contributed by atoms with Crippen molar-refractivity contribution in [1.29, 1.82) is 5.26 Å². The lowest BCUT2D eigenvalue weighted by atomic mass is 10.2. The van der Waals surface area contributed by atoms with Gasteiger partial charge in [0.15, 0.2) is 12.2 Å². The van der Waals surface area contributed by atoms with Crippen LogP contribution in [0.25, 0.3) is 17.2 Å². The van der Waals surface area contributed by atoms with Gasteiger partial charge in [-0.3, -0.25) is 4.79 Å². The molecule has 31 heavy (non-hydrogen) atoms. The number of oxazole rings is 1. The molecular formula is C23H21N3O5. The van der Waals surface area contributed by atoms with Gasteiger partial charge in [-0.1, -0.05) is 12.1 Å². The zero-order chi connectivity index (χ0) is 22.1. The maximum Gasteiger partial charge on any atom is 0.331 e. The lowest BCUT2D eigenvalue weighted by Gasteiger charge is -2.21. The number of carbonyl (C=O) groups is 2. The molecule has 8 heteroatoms. The van der Waals surface area contributed by atoms with Gasteiger partial charge < -0.3 is 18.8 Å². The number of aromatic nitrogens is 1. The van der Waals surface area contributed by atoms with Crippen LogP contribution >= 0.6 is 0 Å². The third kappa shape index (κ3) is 5.93. The molecular weight excluding hydrogens is 398 g/mol. The summed E-state index contributed by atoms with van der Waals surface area (Å²) in [6, 6.07) is 16.1. The molecule has 0 bridgehead atoms. The second kappa shape index (κ2) is 10.6. The Labute approximate surface area is 179 Å². The van der Waals surface area contributed by atoms with Crippen LogP contribution < -0.4 is 9.64 Å². The number of carbonyl (C=O) groups excluding carboxylic acids is 2. The summed E-state index contributed by atoms with van der Waals surface area (Å²) in [6.45, 7) is 2.13. The van der Waals surface area contributed by atoms with Crippen LogP contribution in [0.5, 0.6) is 5.75 Å². The van der Waals surface area contributed by atoms with Crippen LogP contribution in [0.2, 0.25) is 0 Å². The Balaban J connectivity index is 1.60. The summed E-state index contributed by atoms with van der Waals surface area (Å²) >= 11 is 0. The predicted octanol–water partition coefficient (Wildman–Crippen LogP) is 3.73. The van der Waals surface area contributed by atoms with Gasteiger partial charge in [-0.15, -0.1) is 0 Å². The van der Waals surface area contributed by atoms with E-state index in [0.717, 1.165) is 6.08 Å². The zero-order valence-corrected chi connectivity index (χ0v) is 17.0. The standard InChI is InChI=1S/C23H21N3O5/c1-2-29-18-10-8-17(9-11-18)26(15-5-14-24)22(27)16-30-23(28)13-12-21-25-19-6-3-4-7-20(19)31-21/h3-4,6-13H,2,5,15-16H2,1H3/b13-12+. The Kier molecular flexibility index (Phi) is 7.38. The smallest absolute Gasteiger partial charge is 0.331 e. The van der Waals surface area contributed by atoms with E-state index >= 15 is 0 Å². The van der Waals surface area contributed by atoms with Gasteiger partial charge in [-0.05, 0) is 43.3 Å². The van der Waals surface area contributed by atoms with Gasteiger partial charge in [0.25, 0.3) is 5.91 Å². The van der Waals surface area contributed by atoms with Crippen molar-refractivity contribution in [2.24, 2.45) is 0 Å². The molecule has 0 unspecified atom stereocenters. The first-order valence-corrected chi connectivity index (χ1v) is 9.71. The molecule has 8 nitrogen and oxygen atoms in total. The van der Waals surface area contributed by atoms with Crippen molar-refractivity contribution in [3.63, 3.8) is 0 Å². The third-order valence-corrected chi connectivity index (χ3v) is 4.22. The highest BCUT2D eigenvalue weighted by molar-refractivity contribution is 5.96. The Bertz CT molecular complexity index is 1080. The molecule has 1 heterocycles. The highest BCUT2D eigenvalue weighted by atomic mass is 16.5. The minimum atomic E-state index is -0.706. The molecule has 2 aromatic carbocycles. The number of nitrogens with zero attached hydrogens (tertiary/aromatic N) is 3. The van der Waals surface area contributed by atoms with E-state index in [4.69, 9.17) is 19.2 Å². The van der Waals surface area contributed by atoms with Crippen molar-refractivity contribution < 1.29 is 23.5 Å². The fourth-order valence-corrected chi connectivity index (χ4v) is 2.81. The molecule has 158 valence electrons. The first kappa shape index (κ1) is 21.6. The summed E-state index contributed by atoms with van der Waals surface area (Å²) in [6.07, 6.45) is 2.67. The average Bonchev–Trinajstić information content (AvgIpc) is 3.21. The van der Waals surface area contributed by atoms with E-state index in [1.54, 1.807) is 36.4 Å². The Morgan fingerprint density at radius 2 is 1.97 bits per heavy atom. The molecule has 0 aliphatic carbocycles. The average molecular weight is 419 g/mol. The highest BCUT2D eigenvalue weighted by Crippen LogP contribution is 2.20. The molecule has 0 aliphatic heterocycles. The number of hydrogen-bond acceptors (Lipinski definition) is 7. The monoisotopic (exact) mass is 419 g/mol. The molecule has 0 spiro atoms. The predicted molar refractivity (Wildman–Crippen MR) is 114 cm³/mol. The van der Waals surface area contributed by atoms with Crippen molar-refractivity contribution >= 4 is 34.7 Å². The minimum Gasteiger partial charge on any atom is -0.494 e. The van der Waals surface area contributed by atoms with E-state index < -0.39 is 18.5 Å². The number of rotatable bonds is 9. The van der Waals surface area contributed by atoms with Crippen molar-refractivity contribution in [2.45, 2.75) is 13.3 Å². The third-order valence-electron chi connectivity index (χ3n) is 4.22. The van der Waals surface area contributed by atoms with Gasteiger partial charge in [-0.25, -0.2) is 9.78 Å². The summed E-state index contributed by atoms with van der Waals surface area (Å²) in [7, 11) is 0. The van der Waals surface area contributed by atoms with Crippen LogP contribution in [0.15, 0.2) is 59.0 Å². The van der Waals surface area contributed by atoms with Crippen LogP contribution in [0.3, 0.4) is 0 Å². The van der Waals surface area contributed by atoms with Gasteiger partial charge in [0.05, 0.1) is 19.1 Å². The molecule has 0 saturated heterocycles. The highest BCUT2D eigenvalue weighted by Gasteiger charge is 2.17. The topological polar surface area (TPSA) is 106 Å². The molecule has 0 saturated carbocycles. The van der Waals surface area contributed by atoms with E-state index in [1.807, 2.05) is 25.1 Å². The Hall–Kier alpha value is -4.12. The molecule has 0 radical (unpaired) electrons. The Morgan fingerprint density at radius 1 is 1.19 bits per heavy atom. The lowest BCUT2D eigenvalue weighted by Crippen LogP contribution is -2.35. The molecule has 1 amide bonds. The number of fused-ring (bicyclic) bond motifs is 1. The summed E-state index contributed by atoms with van der Waals surface area (Å²) < 4.78 is 15.9. The van der Waals surface area contributed by atoms with Crippen LogP contribution in [-0.4, -0.2) is 36.6 Å². The first-order valence-electron chi connectivity index (χ1n) is 9.71. The summed E-state index contributed by atoms with van der Waals surface area (Å²) in [5.74, 6) is -0.213. The van der Waals surface area contributed by atoms with E-state index in [-0.39, 0.29) is 18.9 Å². The molecule has 0 aliphatic rings. The van der Waals surface area contributed by atoms with Gasteiger partial charge in [0, 0.05) is 24.4 Å². The normalized spacial score (nSPS) is 10.7. The van der Waals surface area contributed by atoms with Crippen molar-refractivity contribution in [2.75, 3.05) is 24.7 Å². The molecule has 0 N–H and O–H groups in total. The summed E-state index contributed by atoms with van der Waals surface area (Å²) in [5, 5.41) is 8.89. The van der Waals surface area contributed by atoms with Crippen molar-refractivity contribution in [3.05, 3.63) is 60.5 Å². The molecule has 0 fully saturated rings. The second-order valence-electron chi connectivity index (χ2n) is 6.34. The lowest BCUT2D eigenvalue weighted by molar-refractivity contribution is -0.142. The molecule has 3 rings (SSSR count). The minimum absolute atomic E-state index is 0.143.